The van der Waals surface area contributed by atoms with E-state index < -0.39 is 0 Å². The molecule has 0 saturated heterocycles. The van der Waals surface area contributed by atoms with Gasteiger partial charge in [-0.25, -0.2) is 0 Å². The molecule has 5 rings (SSSR count). The van der Waals surface area contributed by atoms with Crippen molar-refractivity contribution in [3.8, 4) is 0 Å². The van der Waals surface area contributed by atoms with E-state index in [2.05, 4.69) is 58.1 Å². The van der Waals surface area contributed by atoms with Gasteiger partial charge in [-0.3, -0.25) is 4.79 Å². The molecular weight excluding hydrogens is 436 g/mol. The first kappa shape index (κ1) is 21.1. The average Bonchev–Trinajstić information content (AvgIpc) is 3.22. The topological polar surface area (TPSA) is 51.0 Å². The van der Waals surface area contributed by atoms with Gasteiger partial charge in [0.15, 0.2) is 5.16 Å². The third-order valence-corrected chi connectivity index (χ3v) is 7.91. The summed E-state index contributed by atoms with van der Waals surface area (Å²) in [6.07, 6.45) is 9.14. The van der Waals surface area contributed by atoms with Gasteiger partial charge >= 0.3 is 0 Å². The fourth-order valence-corrected chi connectivity index (χ4v) is 6.27. The highest BCUT2D eigenvalue weighted by atomic mass is 32.2. The van der Waals surface area contributed by atoms with Gasteiger partial charge < -0.3 is 9.47 Å². The molecule has 162 valence electrons. The number of rotatable bonds is 6. The van der Waals surface area contributed by atoms with E-state index >= 15 is 0 Å². The molecule has 0 fully saturated rings. The monoisotopic (exact) mass is 460 g/mol. The second-order valence-electron chi connectivity index (χ2n) is 7.67. The highest BCUT2D eigenvalue weighted by Crippen LogP contribution is 2.43. The van der Waals surface area contributed by atoms with Crippen molar-refractivity contribution in [1.82, 2.24) is 14.8 Å². The van der Waals surface area contributed by atoms with Crippen molar-refractivity contribution in [2.75, 3.05) is 10.7 Å². The Hall–Kier alpha value is -2.77. The molecule has 7 heteroatoms. The van der Waals surface area contributed by atoms with Crippen LogP contribution in [-0.2, 0) is 17.8 Å². The molecule has 1 amide bonds. The highest BCUT2D eigenvalue weighted by molar-refractivity contribution is 8.00. The number of hydrogen-bond acceptors (Lipinski definition) is 5. The molecule has 2 aliphatic rings. The Morgan fingerprint density at radius 2 is 1.81 bits per heavy atom. The molecule has 0 spiro atoms. The number of amides is 1. The lowest BCUT2D eigenvalue weighted by molar-refractivity contribution is -0.116. The van der Waals surface area contributed by atoms with Gasteiger partial charge in [0.2, 0.25) is 5.91 Å². The molecule has 1 aliphatic carbocycles. The number of allylic oxidation sites excluding steroid dienone is 2. The minimum absolute atomic E-state index is 0.0330. The molecule has 0 radical (unpaired) electrons. The molecule has 2 aromatic carbocycles. The van der Waals surface area contributed by atoms with Crippen molar-refractivity contribution in [1.29, 1.82) is 0 Å². The number of nitrogens with zero attached hydrogens (tertiary/aromatic N) is 4. The standard InChI is InChI=1S/C25H24N4OS2/c1-2-28-23(16-18-10-4-3-5-11-18)26-27-25(28)31-17-24(30)29-19-12-6-8-14-21(19)32-22-15-9-7-13-20(22)29/h3-15,19,21H,2,16-17H2,1H3/t19-,21-/m1/s1. The Kier molecular flexibility index (Phi) is 6.19. The molecule has 0 bridgehead atoms. The van der Waals surface area contributed by atoms with E-state index in [9.17, 15) is 4.79 Å². The van der Waals surface area contributed by atoms with Gasteiger partial charge in [0.1, 0.15) is 5.82 Å². The second-order valence-corrected chi connectivity index (χ2v) is 9.83. The zero-order chi connectivity index (χ0) is 21.9. The third kappa shape index (κ3) is 4.14. The maximum Gasteiger partial charge on any atom is 0.238 e. The summed E-state index contributed by atoms with van der Waals surface area (Å²) in [6, 6.07) is 18.5. The molecular formula is C25H24N4OS2. The lowest BCUT2D eigenvalue weighted by atomic mass is 10.0. The average molecular weight is 461 g/mol. The number of aromatic nitrogens is 3. The lowest BCUT2D eigenvalue weighted by Crippen LogP contribution is -2.48. The molecule has 0 unspecified atom stereocenters. The number of hydrogen-bond donors (Lipinski definition) is 0. The Balaban J connectivity index is 1.34. The van der Waals surface area contributed by atoms with Crippen molar-refractivity contribution in [2.24, 2.45) is 0 Å². The summed E-state index contributed by atoms with van der Waals surface area (Å²) >= 11 is 3.29. The Bertz CT molecular complexity index is 1170. The van der Waals surface area contributed by atoms with Crippen LogP contribution in [-0.4, -0.2) is 37.7 Å². The second kappa shape index (κ2) is 9.38. The van der Waals surface area contributed by atoms with Crippen molar-refractivity contribution < 1.29 is 4.79 Å². The van der Waals surface area contributed by atoms with Crippen LogP contribution in [0.3, 0.4) is 0 Å². The maximum absolute atomic E-state index is 13.5. The van der Waals surface area contributed by atoms with E-state index in [-0.39, 0.29) is 17.2 Å². The van der Waals surface area contributed by atoms with Gasteiger partial charge in [-0.05, 0) is 24.6 Å². The van der Waals surface area contributed by atoms with Crippen LogP contribution >= 0.6 is 23.5 Å². The smallest absolute Gasteiger partial charge is 0.238 e. The Morgan fingerprint density at radius 1 is 1.03 bits per heavy atom. The molecule has 5 nitrogen and oxygen atoms in total. The van der Waals surface area contributed by atoms with Crippen LogP contribution in [0, 0.1) is 0 Å². The first-order valence-corrected chi connectivity index (χ1v) is 12.6. The largest absolute Gasteiger partial charge is 0.306 e. The van der Waals surface area contributed by atoms with Gasteiger partial charge in [-0.1, -0.05) is 78.5 Å². The predicted molar refractivity (Wildman–Crippen MR) is 131 cm³/mol. The maximum atomic E-state index is 13.5. The van der Waals surface area contributed by atoms with Crippen LogP contribution in [0.25, 0.3) is 0 Å². The van der Waals surface area contributed by atoms with Crippen molar-refractivity contribution in [2.45, 2.75) is 41.2 Å². The van der Waals surface area contributed by atoms with E-state index in [1.807, 2.05) is 59.1 Å². The van der Waals surface area contributed by atoms with Gasteiger partial charge in [0, 0.05) is 17.9 Å². The quantitative estimate of drug-likeness (QED) is 0.486. The summed E-state index contributed by atoms with van der Waals surface area (Å²) in [5.41, 5.74) is 2.19. The van der Waals surface area contributed by atoms with Crippen molar-refractivity contribution in [3.05, 3.63) is 90.3 Å². The fraction of sp³-hybridized carbons (Fsp3) is 0.240. The van der Waals surface area contributed by atoms with Crippen molar-refractivity contribution in [3.63, 3.8) is 0 Å². The summed E-state index contributed by atoms with van der Waals surface area (Å²) in [6.45, 7) is 2.86. The summed E-state index contributed by atoms with van der Waals surface area (Å²) in [4.78, 5) is 16.6. The predicted octanol–water partition coefficient (Wildman–Crippen LogP) is 4.98. The molecule has 1 aliphatic heterocycles. The summed E-state index contributed by atoms with van der Waals surface area (Å²) in [7, 11) is 0. The van der Waals surface area contributed by atoms with Crippen LogP contribution in [0.2, 0.25) is 0 Å². The van der Waals surface area contributed by atoms with E-state index in [0.29, 0.717) is 5.75 Å². The molecule has 32 heavy (non-hydrogen) atoms. The molecule has 0 saturated carbocycles. The van der Waals surface area contributed by atoms with Crippen LogP contribution < -0.4 is 4.90 Å². The van der Waals surface area contributed by atoms with E-state index in [4.69, 9.17) is 0 Å². The van der Waals surface area contributed by atoms with E-state index in [1.165, 1.54) is 17.3 Å². The Labute approximate surface area is 196 Å². The van der Waals surface area contributed by atoms with Gasteiger partial charge in [-0.2, -0.15) is 0 Å². The number of anilines is 1. The Morgan fingerprint density at radius 3 is 2.66 bits per heavy atom. The number of carbonyl (C=O) groups is 1. The highest BCUT2D eigenvalue weighted by Gasteiger charge is 2.36. The molecule has 1 aromatic heterocycles. The zero-order valence-electron chi connectivity index (χ0n) is 17.8. The van der Waals surface area contributed by atoms with Gasteiger partial charge in [0.25, 0.3) is 0 Å². The molecule has 0 N–H and O–H groups in total. The molecule has 2 heterocycles. The summed E-state index contributed by atoms with van der Waals surface area (Å²) in [5, 5.41) is 9.85. The van der Waals surface area contributed by atoms with Gasteiger partial charge in [-0.15, -0.1) is 22.0 Å². The SMILES string of the molecule is CCn1c(Cc2ccccc2)nnc1SCC(=O)N1c2ccccc2S[C@@H]2C=CC=C[C@H]21. The number of fused-ring (bicyclic) bond motifs is 2. The number of carbonyl (C=O) groups excluding carboxylic acids is 1. The normalized spacial score (nSPS) is 19.0. The minimum atomic E-state index is 0.0330. The molecule has 3 aromatic rings. The van der Waals surface area contributed by atoms with Gasteiger partial charge in [0.05, 0.1) is 22.7 Å². The summed E-state index contributed by atoms with van der Waals surface area (Å²) in [5.74, 6) is 1.34. The van der Waals surface area contributed by atoms with E-state index in [0.717, 1.165) is 34.5 Å². The fourth-order valence-electron chi connectivity index (χ4n) is 4.13. The first-order chi connectivity index (χ1) is 15.7. The number of thioether (sulfide) groups is 2. The lowest BCUT2D eigenvalue weighted by Gasteiger charge is -2.40. The minimum Gasteiger partial charge on any atom is -0.306 e. The van der Waals surface area contributed by atoms with Crippen LogP contribution in [0.1, 0.15) is 18.3 Å². The summed E-state index contributed by atoms with van der Waals surface area (Å²) < 4.78 is 2.11. The first-order valence-electron chi connectivity index (χ1n) is 10.8. The molecule has 2 atom stereocenters. The van der Waals surface area contributed by atoms with Crippen LogP contribution in [0.4, 0.5) is 5.69 Å². The van der Waals surface area contributed by atoms with Crippen LogP contribution in [0.5, 0.6) is 0 Å². The third-order valence-electron chi connectivity index (χ3n) is 5.65. The van der Waals surface area contributed by atoms with Crippen LogP contribution in [0.15, 0.2) is 89.0 Å². The number of para-hydroxylation sites is 1. The number of benzene rings is 2. The van der Waals surface area contributed by atoms with Crippen molar-refractivity contribution >= 4 is 35.1 Å². The zero-order valence-corrected chi connectivity index (χ0v) is 19.4. The van der Waals surface area contributed by atoms with E-state index in [1.54, 1.807) is 0 Å².